The molecule has 1 spiro atoms. The Hall–Kier alpha value is -3.01. The van der Waals surface area contributed by atoms with Gasteiger partial charge in [0.2, 0.25) is 0 Å². The summed E-state index contributed by atoms with van der Waals surface area (Å²) < 4.78 is 57.1. The van der Waals surface area contributed by atoms with Crippen molar-refractivity contribution >= 4 is 17.5 Å². The van der Waals surface area contributed by atoms with Gasteiger partial charge in [-0.1, -0.05) is 0 Å². The number of hydrogen-bond acceptors (Lipinski definition) is 4. The average Bonchev–Trinajstić information content (AvgIpc) is 2.76. The van der Waals surface area contributed by atoms with Gasteiger partial charge >= 0.3 is 6.18 Å². The van der Waals surface area contributed by atoms with Crippen molar-refractivity contribution < 1.29 is 31.9 Å². The fourth-order valence-corrected chi connectivity index (χ4v) is 3.84. The Labute approximate surface area is 175 Å². The molecule has 164 valence electrons. The lowest BCUT2D eigenvalue weighted by atomic mass is 9.89. The first kappa shape index (κ1) is 21.2. The van der Waals surface area contributed by atoms with Crippen LogP contribution in [-0.4, -0.2) is 53.5 Å². The van der Waals surface area contributed by atoms with Gasteiger partial charge in [0.15, 0.2) is 0 Å². The van der Waals surface area contributed by atoms with E-state index in [9.17, 15) is 27.2 Å². The lowest BCUT2D eigenvalue weighted by Gasteiger charge is -2.46. The van der Waals surface area contributed by atoms with Gasteiger partial charge in [0.25, 0.3) is 11.8 Å². The van der Waals surface area contributed by atoms with E-state index in [1.54, 1.807) is 4.90 Å². The van der Waals surface area contributed by atoms with Crippen molar-refractivity contribution in [3.05, 3.63) is 59.7 Å². The first-order valence-corrected chi connectivity index (χ1v) is 9.69. The van der Waals surface area contributed by atoms with Crippen molar-refractivity contribution in [2.24, 2.45) is 0 Å². The molecule has 3 heterocycles. The zero-order valence-corrected chi connectivity index (χ0v) is 16.4. The second-order valence-corrected chi connectivity index (χ2v) is 7.65. The Bertz CT molecular complexity index is 969. The summed E-state index contributed by atoms with van der Waals surface area (Å²) in [6, 6.07) is 7.53. The second kappa shape index (κ2) is 7.92. The van der Waals surface area contributed by atoms with Crippen LogP contribution < -0.4 is 4.90 Å². The maximum atomic E-state index is 13.2. The molecule has 1 aromatic carbocycles. The van der Waals surface area contributed by atoms with Gasteiger partial charge in [-0.2, -0.15) is 13.2 Å². The SMILES string of the molecule is O=C(c1ccc(C(F)(F)F)cn1)N1CCC2(CC1)CN(c1ccc(F)cc1)C(=O)CO2. The molecule has 0 bridgehead atoms. The molecule has 31 heavy (non-hydrogen) atoms. The number of benzene rings is 1. The molecule has 2 fully saturated rings. The molecule has 2 aromatic rings. The Morgan fingerprint density at radius 3 is 2.32 bits per heavy atom. The van der Waals surface area contributed by atoms with E-state index in [1.165, 1.54) is 29.2 Å². The Kier molecular flexibility index (Phi) is 5.42. The summed E-state index contributed by atoms with van der Waals surface area (Å²) >= 11 is 0. The lowest BCUT2D eigenvalue weighted by Crippen LogP contribution is -2.59. The van der Waals surface area contributed by atoms with Gasteiger partial charge < -0.3 is 14.5 Å². The minimum absolute atomic E-state index is 0.0587. The smallest absolute Gasteiger partial charge is 0.363 e. The van der Waals surface area contributed by atoms with Crippen LogP contribution in [0.5, 0.6) is 0 Å². The van der Waals surface area contributed by atoms with E-state index in [1.807, 2.05) is 0 Å². The van der Waals surface area contributed by atoms with Crippen LogP contribution in [0.2, 0.25) is 0 Å². The van der Waals surface area contributed by atoms with Crippen molar-refractivity contribution in [3.63, 3.8) is 0 Å². The minimum Gasteiger partial charge on any atom is -0.363 e. The van der Waals surface area contributed by atoms with Crippen LogP contribution in [0.1, 0.15) is 28.9 Å². The number of carbonyl (C=O) groups excluding carboxylic acids is 2. The highest BCUT2D eigenvalue weighted by atomic mass is 19.4. The third-order valence-electron chi connectivity index (χ3n) is 5.66. The van der Waals surface area contributed by atoms with E-state index in [-0.39, 0.29) is 24.8 Å². The van der Waals surface area contributed by atoms with E-state index >= 15 is 0 Å². The quantitative estimate of drug-likeness (QED) is 0.677. The highest BCUT2D eigenvalue weighted by Crippen LogP contribution is 2.33. The summed E-state index contributed by atoms with van der Waals surface area (Å²) in [5.74, 6) is -1.08. The number of halogens is 4. The number of amides is 2. The summed E-state index contributed by atoms with van der Waals surface area (Å²) in [5, 5.41) is 0. The molecule has 0 unspecified atom stereocenters. The van der Waals surface area contributed by atoms with Gasteiger partial charge in [-0.25, -0.2) is 4.39 Å². The van der Waals surface area contributed by atoms with Crippen LogP contribution in [-0.2, 0) is 15.7 Å². The fraction of sp³-hybridized carbons (Fsp3) is 0.381. The standard InChI is InChI=1S/C21H19F4N3O3/c22-15-2-4-16(5-3-15)28-13-20(31-12-18(28)29)7-9-27(10-8-20)19(30)17-6-1-14(11-26-17)21(23,24)25/h1-6,11H,7-10,12-13H2. The number of carbonyl (C=O) groups is 2. The zero-order valence-electron chi connectivity index (χ0n) is 16.4. The summed E-state index contributed by atoms with van der Waals surface area (Å²) in [4.78, 5) is 31.7. The first-order valence-electron chi connectivity index (χ1n) is 9.69. The fourth-order valence-electron chi connectivity index (χ4n) is 3.84. The number of anilines is 1. The Balaban J connectivity index is 1.42. The van der Waals surface area contributed by atoms with Gasteiger partial charge in [-0.3, -0.25) is 14.6 Å². The summed E-state index contributed by atoms with van der Waals surface area (Å²) in [6.45, 7) is 0.782. The number of rotatable bonds is 2. The molecule has 0 N–H and O–H groups in total. The maximum absolute atomic E-state index is 13.2. The van der Waals surface area contributed by atoms with Crippen LogP contribution in [0.25, 0.3) is 0 Å². The molecule has 2 saturated heterocycles. The third-order valence-corrected chi connectivity index (χ3v) is 5.66. The molecule has 0 aliphatic carbocycles. The number of ether oxygens (including phenoxy) is 1. The molecular weight excluding hydrogens is 418 g/mol. The van der Waals surface area contributed by atoms with Crippen LogP contribution in [0, 0.1) is 5.82 Å². The number of pyridine rings is 1. The van der Waals surface area contributed by atoms with Gasteiger partial charge in [0.05, 0.1) is 17.7 Å². The monoisotopic (exact) mass is 437 g/mol. The third kappa shape index (κ3) is 4.39. The van der Waals surface area contributed by atoms with Crippen molar-refractivity contribution in [3.8, 4) is 0 Å². The highest BCUT2D eigenvalue weighted by Gasteiger charge is 2.43. The van der Waals surface area contributed by atoms with Crippen LogP contribution in [0.4, 0.5) is 23.2 Å². The largest absolute Gasteiger partial charge is 0.417 e. The number of piperidine rings is 1. The maximum Gasteiger partial charge on any atom is 0.417 e. The topological polar surface area (TPSA) is 62.7 Å². The Morgan fingerprint density at radius 2 is 1.74 bits per heavy atom. The number of aromatic nitrogens is 1. The predicted octanol–water partition coefficient (Wildman–Crippen LogP) is 3.28. The molecular formula is C21H19F4N3O3. The lowest BCUT2D eigenvalue weighted by molar-refractivity contribution is -0.143. The summed E-state index contributed by atoms with van der Waals surface area (Å²) in [7, 11) is 0. The number of likely N-dealkylation sites (tertiary alicyclic amines) is 1. The molecule has 10 heteroatoms. The molecule has 0 atom stereocenters. The summed E-state index contributed by atoms with van der Waals surface area (Å²) in [6.07, 6.45) is -2.97. The van der Waals surface area contributed by atoms with Gasteiger partial charge in [0.1, 0.15) is 18.1 Å². The van der Waals surface area contributed by atoms with Crippen LogP contribution in [0.3, 0.4) is 0 Å². The molecule has 0 radical (unpaired) electrons. The number of alkyl halides is 3. The molecule has 4 rings (SSSR count). The number of morpholine rings is 1. The van der Waals surface area contributed by atoms with Gasteiger partial charge in [-0.15, -0.1) is 0 Å². The first-order chi connectivity index (χ1) is 14.7. The molecule has 0 saturated carbocycles. The van der Waals surface area contributed by atoms with E-state index in [0.29, 0.717) is 37.8 Å². The molecule has 2 aliphatic heterocycles. The second-order valence-electron chi connectivity index (χ2n) is 7.65. The van der Waals surface area contributed by atoms with Crippen molar-refractivity contribution in [1.29, 1.82) is 0 Å². The van der Waals surface area contributed by atoms with E-state index in [0.717, 1.165) is 12.1 Å². The Morgan fingerprint density at radius 1 is 1.06 bits per heavy atom. The molecule has 6 nitrogen and oxygen atoms in total. The van der Waals surface area contributed by atoms with Crippen molar-refractivity contribution in [2.45, 2.75) is 24.6 Å². The molecule has 1 aromatic heterocycles. The van der Waals surface area contributed by atoms with Crippen LogP contribution in [0.15, 0.2) is 42.6 Å². The number of nitrogens with zero attached hydrogens (tertiary/aromatic N) is 3. The minimum atomic E-state index is -4.52. The normalized spacial score (nSPS) is 19.0. The van der Waals surface area contributed by atoms with E-state index in [4.69, 9.17) is 4.74 Å². The average molecular weight is 437 g/mol. The van der Waals surface area contributed by atoms with Crippen molar-refractivity contribution in [1.82, 2.24) is 9.88 Å². The van der Waals surface area contributed by atoms with Crippen LogP contribution >= 0.6 is 0 Å². The highest BCUT2D eigenvalue weighted by molar-refractivity contribution is 5.95. The molecule has 2 amide bonds. The van der Waals surface area contributed by atoms with E-state index < -0.39 is 29.1 Å². The van der Waals surface area contributed by atoms with Crippen molar-refractivity contribution in [2.75, 3.05) is 31.1 Å². The van der Waals surface area contributed by atoms with Gasteiger partial charge in [-0.05, 0) is 49.2 Å². The predicted molar refractivity (Wildman–Crippen MR) is 102 cm³/mol. The zero-order chi connectivity index (χ0) is 22.2. The number of hydrogen-bond donors (Lipinski definition) is 0. The summed E-state index contributed by atoms with van der Waals surface area (Å²) in [5.41, 5.74) is -1.05. The van der Waals surface area contributed by atoms with E-state index in [2.05, 4.69) is 4.98 Å². The van der Waals surface area contributed by atoms with Gasteiger partial charge in [0, 0.05) is 25.0 Å². The molecule has 2 aliphatic rings.